The molecule has 1 aromatic rings. The van der Waals surface area contributed by atoms with Gasteiger partial charge in [-0.3, -0.25) is 4.79 Å². The van der Waals surface area contributed by atoms with Crippen molar-refractivity contribution in [2.24, 2.45) is 0 Å². The Hall–Kier alpha value is -1.86. The largest absolute Gasteiger partial charge is 0.494 e. The van der Waals surface area contributed by atoms with Gasteiger partial charge in [0.05, 0.1) is 11.5 Å². The number of ether oxygens (including phenoxy) is 1. The maximum Gasteiger partial charge on any atom is 0.220 e. The van der Waals surface area contributed by atoms with Crippen molar-refractivity contribution < 1.29 is 17.9 Å². The fraction of sp³-hybridized carbons (Fsp3) is 0.471. The van der Waals surface area contributed by atoms with Crippen LogP contribution in [0.15, 0.2) is 40.8 Å². The predicted molar refractivity (Wildman–Crippen MR) is 92.9 cm³/mol. The molecule has 1 aromatic carbocycles. The molecule has 1 heterocycles. The quantitative estimate of drug-likeness (QED) is 0.544. The Morgan fingerprint density at radius 2 is 2.04 bits per heavy atom. The summed E-state index contributed by atoms with van der Waals surface area (Å²) >= 11 is 0. The molecule has 1 aliphatic heterocycles. The summed E-state index contributed by atoms with van der Waals surface area (Å²) in [6, 6.07) is 6.29. The Morgan fingerprint density at radius 1 is 1.29 bits per heavy atom. The third-order valence-electron chi connectivity index (χ3n) is 3.74. The van der Waals surface area contributed by atoms with Crippen molar-refractivity contribution in [1.82, 2.24) is 10.6 Å². The van der Waals surface area contributed by atoms with Crippen LogP contribution < -0.4 is 15.4 Å². The number of carbonyl (C=O) groups is 1. The van der Waals surface area contributed by atoms with Gasteiger partial charge in [-0.1, -0.05) is 11.6 Å². The fourth-order valence-electron chi connectivity index (χ4n) is 2.34. The highest BCUT2D eigenvalue weighted by Gasteiger charge is 2.07. The van der Waals surface area contributed by atoms with Crippen molar-refractivity contribution in [1.29, 1.82) is 0 Å². The molecule has 0 aliphatic carbocycles. The van der Waals surface area contributed by atoms with Gasteiger partial charge in [-0.25, -0.2) is 8.42 Å². The number of amides is 1. The highest BCUT2D eigenvalue weighted by molar-refractivity contribution is 7.90. The van der Waals surface area contributed by atoms with Crippen molar-refractivity contribution in [3.8, 4) is 5.75 Å². The maximum absolute atomic E-state index is 11.8. The first kappa shape index (κ1) is 18.5. The summed E-state index contributed by atoms with van der Waals surface area (Å²) in [7, 11) is -3.19. The summed E-state index contributed by atoms with van der Waals surface area (Å²) in [5.74, 6) is 0.619. The minimum absolute atomic E-state index is 0.0189. The average molecular weight is 352 g/mol. The van der Waals surface area contributed by atoms with E-state index in [9.17, 15) is 13.2 Å². The molecule has 2 N–H and O–H groups in total. The van der Waals surface area contributed by atoms with E-state index < -0.39 is 9.84 Å². The van der Waals surface area contributed by atoms with Gasteiger partial charge >= 0.3 is 0 Å². The van der Waals surface area contributed by atoms with Crippen LogP contribution in [0.5, 0.6) is 5.75 Å². The minimum atomic E-state index is -3.19. The van der Waals surface area contributed by atoms with Gasteiger partial charge in [-0.15, -0.1) is 0 Å². The number of sulfone groups is 1. The molecule has 0 saturated heterocycles. The van der Waals surface area contributed by atoms with E-state index in [1.807, 2.05) is 0 Å². The van der Waals surface area contributed by atoms with Gasteiger partial charge in [-0.05, 0) is 43.7 Å². The van der Waals surface area contributed by atoms with Crippen LogP contribution in [0.1, 0.15) is 19.3 Å². The van der Waals surface area contributed by atoms with Gasteiger partial charge in [0, 0.05) is 25.8 Å². The third-order valence-corrected chi connectivity index (χ3v) is 4.87. The zero-order valence-corrected chi connectivity index (χ0v) is 14.7. The molecule has 0 aromatic heterocycles. The number of hydrogen-bond donors (Lipinski definition) is 2. The zero-order valence-electron chi connectivity index (χ0n) is 13.9. The molecule has 0 saturated carbocycles. The summed E-state index contributed by atoms with van der Waals surface area (Å²) < 4.78 is 28.2. The second-order valence-corrected chi connectivity index (χ2v) is 7.80. The van der Waals surface area contributed by atoms with Crippen LogP contribution in [-0.2, 0) is 14.6 Å². The van der Waals surface area contributed by atoms with Gasteiger partial charge in [-0.2, -0.15) is 0 Å². The molecule has 1 aliphatic rings. The van der Waals surface area contributed by atoms with Crippen LogP contribution >= 0.6 is 0 Å². The second kappa shape index (κ2) is 8.84. The van der Waals surface area contributed by atoms with Crippen molar-refractivity contribution in [3.63, 3.8) is 0 Å². The molecule has 132 valence electrons. The Morgan fingerprint density at radius 3 is 2.67 bits per heavy atom. The molecular formula is C17H24N2O4S. The lowest BCUT2D eigenvalue weighted by Crippen LogP contribution is -2.29. The van der Waals surface area contributed by atoms with Crippen LogP contribution in [0.4, 0.5) is 0 Å². The molecule has 0 bridgehead atoms. The first-order valence-corrected chi connectivity index (χ1v) is 9.92. The standard InChI is InChI=1S/C17H24N2O4S/c1-24(21,22)16-6-4-15(5-7-16)23-12-2-3-17(20)19-13-14-8-10-18-11-9-14/h4-8,18H,2-3,9-13H2,1H3,(H,19,20). The summed E-state index contributed by atoms with van der Waals surface area (Å²) in [4.78, 5) is 12.0. The SMILES string of the molecule is CS(=O)(=O)c1ccc(OCCCC(=O)NCC2=CCNCC2)cc1. The molecule has 7 heteroatoms. The number of benzene rings is 1. The van der Waals surface area contributed by atoms with Crippen LogP contribution in [0.25, 0.3) is 0 Å². The molecule has 1 amide bonds. The lowest BCUT2D eigenvalue weighted by molar-refractivity contribution is -0.121. The molecule has 0 radical (unpaired) electrons. The minimum Gasteiger partial charge on any atom is -0.494 e. The van der Waals surface area contributed by atoms with E-state index in [0.717, 1.165) is 19.5 Å². The molecule has 0 fully saturated rings. The van der Waals surface area contributed by atoms with Gasteiger partial charge < -0.3 is 15.4 Å². The number of nitrogens with one attached hydrogen (secondary N) is 2. The number of carbonyl (C=O) groups excluding carboxylic acids is 1. The molecule has 0 spiro atoms. The lowest BCUT2D eigenvalue weighted by Gasteiger charge is -2.14. The van der Waals surface area contributed by atoms with Crippen molar-refractivity contribution >= 4 is 15.7 Å². The summed E-state index contributed by atoms with van der Waals surface area (Å²) in [5.41, 5.74) is 1.27. The Balaban J connectivity index is 1.63. The van der Waals surface area contributed by atoms with Crippen molar-refractivity contribution in [2.75, 3.05) is 32.5 Å². The van der Waals surface area contributed by atoms with E-state index in [2.05, 4.69) is 16.7 Å². The molecule has 24 heavy (non-hydrogen) atoms. The van der Waals surface area contributed by atoms with Gasteiger partial charge in [0.15, 0.2) is 9.84 Å². The molecule has 6 nitrogen and oxygen atoms in total. The van der Waals surface area contributed by atoms with Gasteiger partial charge in [0.1, 0.15) is 5.75 Å². The van der Waals surface area contributed by atoms with E-state index >= 15 is 0 Å². The normalized spacial score (nSPS) is 14.8. The average Bonchev–Trinajstić information content (AvgIpc) is 2.57. The van der Waals surface area contributed by atoms with Gasteiger partial charge in [0.25, 0.3) is 0 Å². The van der Waals surface area contributed by atoms with E-state index in [1.54, 1.807) is 12.1 Å². The summed E-state index contributed by atoms with van der Waals surface area (Å²) in [6.07, 6.45) is 5.29. The Bertz CT molecular complexity index is 681. The first-order chi connectivity index (χ1) is 11.4. The zero-order chi connectivity index (χ0) is 17.4. The number of hydrogen-bond acceptors (Lipinski definition) is 5. The van der Waals surface area contributed by atoms with E-state index in [1.165, 1.54) is 24.0 Å². The molecule has 0 atom stereocenters. The molecular weight excluding hydrogens is 328 g/mol. The topological polar surface area (TPSA) is 84.5 Å². The second-order valence-electron chi connectivity index (χ2n) is 5.79. The summed E-state index contributed by atoms with van der Waals surface area (Å²) in [5, 5.41) is 6.15. The van der Waals surface area contributed by atoms with Crippen LogP contribution in [0.2, 0.25) is 0 Å². The van der Waals surface area contributed by atoms with E-state index in [4.69, 9.17) is 4.74 Å². The lowest BCUT2D eigenvalue weighted by atomic mass is 10.1. The van der Waals surface area contributed by atoms with E-state index in [-0.39, 0.29) is 10.8 Å². The Kier molecular flexibility index (Phi) is 6.81. The molecule has 0 unspecified atom stereocenters. The van der Waals surface area contributed by atoms with Crippen LogP contribution in [-0.4, -0.2) is 46.8 Å². The smallest absolute Gasteiger partial charge is 0.220 e. The summed E-state index contributed by atoms with van der Waals surface area (Å²) in [6.45, 7) is 2.87. The van der Waals surface area contributed by atoms with Crippen molar-refractivity contribution in [3.05, 3.63) is 35.9 Å². The van der Waals surface area contributed by atoms with Crippen molar-refractivity contribution in [2.45, 2.75) is 24.2 Å². The van der Waals surface area contributed by atoms with Crippen LogP contribution in [0, 0.1) is 0 Å². The van der Waals surface area contributed by atoms with Crippen LogP contribution in [0.3, 0.4) is 0 Å². The first-order valence-electron chi connectivity index (χ1n) is 8.03. The predicted octanol–water partition coefficient (Wildman–Crippen LogP) is 1.29. The monoisotopic (exact) mass is 352 g/mol. The highest BCUT2D eigenvalue weighted by Crippen LogP contribution is 2.16. The maximum atomic E-state index is 11.8. The highest BCUT2D eigenvalue weighted by atomic mass is 32.2. The fourth-order valence-corrected chi connectivity index (χ4v) is 2.97. The number of rotatable bonds is 8. The van der Waals surface area contributed by atoms with E-state index in [0.29, 0.717) is 31.7 Å². The van der Waals surface area contributed by atoms with Gasteiger partial charge in [0.2, 0.25) is 5.91 Å². The Labute approximate surface area is 143 Å². The third kappa shape index (κ3) is 6.33. The molecule has 2 rings (SSSR count).